The molecule has 0 spiro atoms. The van der Waals surface area contributed by atoms with Gasteiger partial charge in [0.05, 0.1) is 11.2 Å². The first-order valence-electron chi connectivity index (χ1n) is 5.60. The van der Waals surface area contributed by atoms with Crippen molar-refractivity contribution < 1.29 is 18.3 Å². The largest absolute Gasteiger partial charge is 0.512 e. The van der Waals surface area contributed by atoms with Crippen molar-refractivity contribution in [2.45, 2.75) is 54.1 Å². The molecule has 0 rings (SSSR count). The predicted molar refractivity (Wildman–Crippen MR) is 63.8 cm³/mol. The smallest absolute Gasteiger partial charge is 0.394 e. The highest BCUT2D eigenvalue weighted by Gasteiger charge is 2.60. The Bertz CT molecular complexity index is 297. The monoisotopic (exact) mass is 252 g/mol. The lowest BCUT2D eigenvalue weighted by atomic mass is 9.59. The molecule has 0 bridgehead atoms. The average Bonchev–Trinajstić information content (AvgIpc) is 1.97. The maximum Gasteiger partial charge on any atom is 0.394 e. The van der Waals surface area contributed by atoms with Crippen LogP contribution in [0.3, 0.4) is 0 Å². The first kappa shape index (κ1) is 16.3. The number of halogens is 3. The van der Waals surface area contributed by atoms with Gasteiger partial charge in [-0.25, -0.2) is 0 Å². The summed E-state index contributed by atoms with van der Waals surface area (Å²) in [5.41, 5.74) is -3.76. The van der Waals surface area contributed by atoms with Crippen LogP contribution in [0.4, 0.5) is 13.2 Å². The highest BCUT2D eigenvalue weighted by atomic mass is 19.4. The van der Waals surface area contributed by atoms with Gasteiger partial charge in [-0.05, 0) is 11.8 Å². The molecule has 0 aliphatic rings. The van der Waals surface area contributed by atoms with E-state index in [2.05, 4.69) is 6.58 Å². The molecule has 0 aromatic rings. The number of alkyl halides is 3. The Kier molecular flexibility index (Phi) is 4.05. The Labute approximate surface area is 102 Å². The van der Waals surface area contributed by atoms with Crippen molar-refractivity contribution in [2.24, 2.45) is 16.2 Å². The zero-order valence-electron chi connectivity index (χ0n) is 11.5. The second-order valence-corrected chi connectivity index (χ2v) is 6.64. The fourth-order valence-corrected chi connectivity index (χ4v) is 2.06. The quantitative estimate of drug-likeness (QED) is 0.694. The maximum atomic E-state index is 13.1. The van der Waals surface area contributed by atoms with E-state index >= 15 is 0 Å². The van der Waals surface area contributed by atoms with Crippen molar-refractivity contribution in [3.8, 4) is 0 Å². The van der Waals surface area contributed by atoms with E-state index in [0.29, 0.717) is 0 Å². The summed E-state index contributed by atoms with van der Waals surface area (Å²) >= 11 is 0. The molecule has 1 N–H and O–H groups in total. The molecule has 0 aromatic heterocycles. The Hall–Kier alpha value is -0.670. The van der Waals surface area contributed by atoms with Gasteiger partial charge in [-0.2, -0.15) is 13.2 Å². The van der Waals surface area contributed by atoms with Crippen molar-refractivity contribution in [2.75, 3.05) is 0 Å². The third-order valence-electron chi connectivity index (χ3n) is 3.61. The number of hydrogen-bond donors (Lipinski definition) is 1. The van der Waals surface area contributed by atoms with Gasteiger partial charge < -0.3 is 5.11 Å². The Morgan fingerprint density at radius 2 is 1.35 bits per heavy atom. The fourth-order valence-electron chi connectivity index (χ4n) is 2.06. The molecule has 0 fully saturated rings. The van der Waals surface area contributed by atoms with Gasteiger partial charge in [-0.15, -0.1) is 0 Å². The van der Waals surface area contributed by atoms with Crippen LogP contribution in [-0.2, 0) is 0 Å². The third kappa shape index (κ3) is 3.17. The van der Waals surface area contributed by atoms with Gasteiger partial charge in [0.1, 0.15) is 0 Å². The van der Waals surface area contributed by atoms with Crippen LogP contribution in [0, 0.1) is 16.2 Å². The van der Waals surface area contributed by atoms with Gasteiger partial charge in [0.2, 0.25) is 0 Å². The van der Waals surface area contributed by atoms with Gasteiger partial charge in [-0.1, -0.05) is 48.1 Å². The molecule has 1 atom stereocenters. The van der Waals surface area contributed by atoms with Crippen molar-refractivity contribution >= 4 is 0 Å². The fraction of sp³-hybridized carbons (Fsp3) is 0.846. The minimum atomic E-state index is -4.39. The van der Waals surface area contributed by atoms with Gasteiger partial charge in [0.15, 0.2) is 0 Å². The second-order valence-electron chi connectivity index (χ2n) is 6.64. The zero-order chi connectivity index (χ0) is 14.3. The summed E-state index contributed by atoms with van der Waals surface area (Å²) in [6.45, 7) is 12.5. The Morgan fingerprint density at radius 3 is 1.53 bits per heavy atom. The maximum absolute atomic E-state index is 13.1. The number of aliphatic hydroxyl groups is 1. The van der Waals surface area contributed by atoms with E-state index in [-0.39, 0.29) is 11.8 Å². The van der Waals surface area contributed by atoms with E-state index in [9.17, 15) is 18.3 Å². The number of hydrogen-bond acceptors (Lipinski definition) is 1. The van der Waals surface area contributed by atoms with E-state index in [4.69, 9.17) is 0 Å². The molecule has 0 aliphatic heterocycles. The van der Waals surface area contributed by atoms with Crippen molar-refractivity contribution in [3.05, 3.63) is 12.3 Å². The average molecular weight is 252 g/mol. The molecule has 4 heteroatoms. The highest BCUT2D eigenvalue weighted by Crippen LogP contribution is 2.57. The Morgan fingerprint density at radius 1 is 1.00 bits per heavy atom. The molecule has 0 radical (unpaired) electrons. The van der Waals surface area contributed by atoms with Crippen molar-refractivity contribution in [1.82, 2.24) is 0 Å². The molecule has 17 heavy (non-hydrogen) atoms. The molecule has 0 saturated carbocycles. The molecule has 0 heterocycles. The van der Waals surface area contributed by atoms with Crippen LogP contribution in [0.2, 0.25) is 0 Å². The van der Waals surface area contributed by atoms with Crippen LogP contribution in [0.5, 0.6) is 0 Å². The van der Waals surface area contributed by atoms with E-state index in [1.807, 2.05) is 20.8 Å². The van der Waals surface area contributed by atoms with E-state index < -0.39 is 22.8 Å². The van der Waals surface area contributed by atoms with Crippen LogP contribution < -0.4 is 0 Å². The number of allylic oxidation sites excluding steroid dienone is 1. The van der Waals surface area contributed by atoms with Crippen LogP contribution in [0.25, 0.3) is 0 Å². The van der Waals surface area contributed by atoms with Crippen LogP contribution in [-0.4, -0.2) is 11.3 Å². The molecule has 102 valence electrons. The highest BCUT2D eigenvalue weighted by molar-refractivity contribution is 5.10. The minimum absolute atomic E-state index is 0.210. The van der Waals surface area contributed by atoms with E-state index in [0.717, 1.165) is 13.8 Å². The van der Waals surface area contributed by atoms with Gasteiger partial charge in [0.25, 0.3) is 0 Å². The van der Waals surface area contributed by atoms with Crippen LogP contribution in [0.15, 0.2) is 12.3 Å². The summed E-state index contributed by atoms with van der Waals surface area (Å²) in [6, 6.07) is 0. The molecule has 0 saturated heterocycles. The van der Waals surface area contributed by atoms with E-state index in [1.165, 1.54) is 6.92 Å². The summed E-state index contributed by atoms with van der Waals surface area (Å²) in [7, 11) is 0. The molecule has 0 aromatic carbocycles. The van der Waals surface area contributed by atoms with Crippen LogP contribution in [0.1, 0.15) is 48.0 Å². The molecule has 1 nitrogen and oxygen atoms in total. The standard InChI is InChI=1S/C13H23F3O/c1-9(17)12(7,8-10(2,3)4)11(5,6)13(14,15)16/h17H,1,8H2,2-7H3. The summed E-state index contributed by atoms with van der Waals surface area (Å²) in [5.74, 6) is -0.408. The molecular formula is C13H23F3O. The van der Waals surface area contributed by atoms with Gasteiger partial charge in [-0.3, -0.25) is 0 Å². The summed E-state index contributed by atoms with van der Waals surface area (Å²) in [4.78, 5) is 0. The normalized spacial score (nSPS) is 17.7. The van der Waals surface area contributed by atoms with Crippen molar-refractivity contribution in [1.29, 1.82) is 0 Å². The Balaban J connectivity index is 5.60. The third-order valence-corrected chi connectivity index (χ3v) is 3.61. The molecule has 0 amide bonds. The molecule has 0 aliphatic carbocycles. The molecule has 1 unspecified atom stereocenters. The first-order valence-corrected chi connectivity index (χ1v) is 5.60. The van der Waals surface area contributed by atoms with E-state index in [1.54, 1.807) is 0 Å². The lowest BCUT2D eigenvalue weighted by molar-refractivity contribution is -0.251. The topological polar surface area (TPSA) is 20.2 Å². The van der Waals surface area contributed by atoms with Gasteiger partial charge >= 0.3 is 6.18 Å². The number of aliphatic hydroxyl groups excluding tert-OH is 1. The lowest BCUT2D eigenvalue weighted by Gasteiger charge is -2.47. The number of rotatable bonds is 3. The summed E-state index contributed by atoms with van der Waals surface area (Å²) in [6.07, 6.45) is -4.18. The van der Waals surface area contributed by atoms with Crippen LogP contribution >= 0.6 is 0 Å². The zero-order valence-corrected chi connectivity index (χ0v) is 11.5. The minimum Gasteiger partial charge on any atom is -0.512 e. The second kappa shape index (κ2) is 4.21. The molecular weight excluding hydrogens is 229 g/mol. The SMILES string of the molecule is C=C(O)C(C)(CC(C)(C)C)C(C)(C)C(F)(F)F. The summed E-state index contributed by atoms with van der Waals surface area (Å²) in [5, 5.41) is 9.64. The van der Waals surface area contributed by atoms with Gasteiger partial charge in [0, 0.05) is 5.41 Å². The predicted octanol–water partition coefficient (Wildman–Crippen LogP) is 5.09. The first-order chi connectivity index (χ1) is 7.15. The summed E-state index contributed by atoms with van der Waals surface area (Å²) < 4.78 is 39.3. The lowest BCUT2D eigenvalue weighted by Crippen LogP contribution is -2.49. The van der Waals surface area contributed by atoms with Crippen molar-refractivity contribution in [3.63, 3.8) is 0 Å².